The molecule has 47 heavy (non-hydrogen) atoms. The highest BCUT2D eigenvalue weighted by Crippen LogP contribution is 2.49. The number of hydrogen-bond donors (Lipinski definition) is 3. The molecule has 0 saturated carbocycles. The van der Waals surface area contributed by atoms with Crippen molar-refractivity contribution in [3.63, 3.8) is 0 Å². The van der Waals surface area contributed by atoms with Crippen LogP contribution >= 0.6 is 0 Å². The summed E-state index contributed by atoms with van der Waals surface area (Å²) >= 11 is 0. The molecule has 0 radical (unpaired) electrons. The molecule has 7 rings (SSSR count). The molecule has 2 aromatic heterocycles. The minimum absolute atomic E-state index is 0.000268. The van der Waals surface area contributed by atoms with Crippen LogP contribution < -0.4 is 21.4 Å². The van der Waals surface area contributed by atoms with E-state index in [0.29, 0.717) is 23.0 Å². The van der Waals surface area contributed by atoms with Crippen LogP contribution in [0.25, 0.3) is 17.0 Å². The van der Waals surface area contributed by atoms with Gasteiger partial charge in [0.2, 0.25) is 5.95 Å². The number of fused-ring (bicyclic) bond motifs is 2. The summed E-state index contributed by atoms with van der Waals surface area (Å²) in [6, 6.07) is 36.6. The maximum absolute atomic E-state index is 12.8. The molecule has 0 bridgehead atoms. The van der Waals surface area contributed by atoms with Crippen LogP contribution in [0.1, 0.15) is 61.8 Å². The van der Waals surface area contributed by atoms with Gasteiger partial charge in [-0.1, -0.05) is 98.8 Å². The lowest BCUT2D eigenvalue weighted by atomic mass is 9.76. The summed E-state index contributed by atoms with van der Waals surface area (Å²) in [6.07, 6.45) is 5.96. The minimum Gasteiger partial charge on any atom is -0.424 e. The Kier molecular flexibility index (Phi) is 7.84. The predicted octanol–water partition coefficient (Wildman–Crippen LogP) is 6.22. The van der Waals surface area contributed by atoms with Gasteiger partial charge in [-0.2, -0.15) is 10.2 Å². The van der Waals surface area contributed by atoms with Gasteiger partial charge in [-0.05, 0) is 69.9 Å². The number of nitrogens with one attached hydrogen (secondary N) is 1. The number of nitrogen functional groups attached to an aromatic ring is 1. The second-order valence-electron chi connectivity index (χ2n) is 13.0. The number of anilines is 2. The Morgan fingerprint density at radius 1 is 0.915 bits per heavy atom. The third-order valence-electron chi connectivity index (χ3n) is 9.74. The SMILES string of the molecule is CC(C)(C[C@@H]1CC[C@@H](Nc2nc(-n3cnc4ccc(C#N)cc43)ncc2N)c2ccccc21)[Si](O)(c1ccccc1)c1ccccc1. The van der Waals surface area contributed by atoms with Gasteiger partial charge in [0, 0.05) is 0 Å². The van der Waals surface area contributed by atoms with E-state index in [2.05, 4.69) is 83.7 Å². The van der Waals surface area contributed by atoms with Gasteiger partial charge < -0.3 is 15.8 Å². The molecular formula is C38H37N7OSi. The highest BCUT2D eigenvalue weighted by Gasteiger charge is 2.51. The molecule has 1 aliphatic carbocycles. The molecule has 0 unspecified atom stereocenters. The molecule has 0 spiro atoms. The van der Waals surface area contributed by atoms with E-state index in [1.54, 1.807) is 29.2 Å². The number of aromatic nitrogens is 4. The van der Waals surface area contributed by atoms with Gasteiger partial charge in [0.1, 0.15) is 6.33 Å². The van der Waals surface area contributed by atoms with Crippen molar-refractivity contribution in [2.75, 3.05) is 11.1 Å². The Morgan fingerprint density at radius 2 is 1.57 bits per heavy atom. The molecular weight excluding hydrogens is 599 g/mol. The first kappa shape index (κ1) is 30.4. The predicted molar refractivity (Wildman–Crippen MR) is 189 cm³/mol. The van der Waals surface area contributed by atoms with E-state index in [9.17, 15) is 10.1 Å². The zero-order valence-electron chi connectivity index (χ0n) is 26.5. The highest BCUT2D eigenvalue weighted by atomic mass is 28.4. The summed E-state index contributed by atoms with van der Waals surface area (Å²) in [7, 11) is -3.15. The molecule has 0 fully saturated rings. The molecule has 0 saturated heterocycles. The zero-order valence-corrected chi connectivity index (χ0v) is 27.5. The number of nitrogens with two attached hydrogens (primary N) is 1. The first-order valence-corrected chi connectivity index (χ1v) is 17.9. The minimum atomic E-state index is -3.15. The Balaban J connectivity index is 1.19. The zero-order chi connectivity index (χ0) is 32.6. The largest absolute Gasteiger partial charge is 0.424 e. The van der Waals surface area contributed by atoms with E-state index >= 15 is 0 Å². The Bertz CT molecular complexity index is 2050. The molecule has 1 aliphatic rings. The lowest BCUT2D eigenvalue weighted by molar-refractivity contribution is 0.399. The standard InChI is InChI=1S/C38H37N7OSi/c1-38(2,47(46,28-11-5-3-6-12-28)29-13-7-4-8-14-29)22-27-18-20-33(31-16-10-9-15-30(27)31)43-36-32(40)24-41-37(44-36)45-25-42-34-19-17-26(23-39)21-35(34)45/h3-17,19,21,24-25,27,33,46H,18,20,22,40H2,1-2H3,(H,41,43,44)/t27-,33+/m0/s1. The first-order chi connectivity index (χ1) is 22.8. The van der Waals surface area contributed by atoms with Crippen LogP contribution in [-0.2, 0) is 0 Å². The number of rotatable bonds is 8. The fourth-order valence-corrected chi connectivity index (χ4v) is 11.1. The van der Waals surface area contributed by atoms with Gasteiger partial charge >= 0.3 is 0 Å². The van der Waals surface area contributed by atoms with Gasteiger partial charge in [-0.25, -0.2) is 9.97 Å². The molecule has 4 aromatic carbocycles. The van der Waals surface area contributed by atoms with Crippen LogP contribution in [0.15, 0.2) is 116 Å². The molecule has 2 heterocycles. The fourth-order valence-electron chi connectivity index (χ4n) is 7.33. The lowest BCUT2D eigenvalue weighted by Gasteiger charge is -2.44. The van der Waals surface area contributed by atoms with E-state index in [4.69, 9.17) is 10.7 Å². The van der Waals surface area contributed by atoms with E-state index in [-0.39, 0.29) is 17.0 Å². The Morgan fingerprint density at radius 3 is 2.26 bits per heavy atom. The van der Waals surface area contributed by atoms with Gasteiger partial charge in [0.05, 0.1) is 40.6 Å². The van der Waals surface area contributed by atoms with Crippen LogP contribution in [-0.4, -0.2) is 32.6 Å². The molecule has 6 aromatic rings. The smallest absolute Gasteiger partial charge is 0.258 e. The first-order valence-electron chi connectivity index (χ1n) is 16.0. The Labute approximate surface area is 275 Å². The van der Waals surface area contributed by atoms with E-state index in [1.165, 1.54) is 11.1 Å². The summed E-state index contributed by atoms with van der Waals surface area (Å²) in [5.74, 6) is 1.26. The van der Waals surface area contributed by atoms with Gasteiger partial charge in [0.25, 0.3) is 8.32 Å². The van der Waals surface area contributed by atoms with E-state index < -0.39 is 8.32 Å². The summed E-state index contributed by atoms with van der Waals surface area (Å²) < 4.78 is 1.78. The maximum atomic E-state index is 12.8. The maximum Gasteiger partial charge on any atom is 0.258 e. The van der Waals surface area contributed by atoms with Gasteiger partial charge in [-0.15, -0.1) is 0 Å². The van der Waals surface area contributed by atoms with Gasteiger partial charge in [-0.3, -0.25) is 4.57 Å². The topological polar surface area (TPSA) is 126 Å². The number of nitrogens with zero attached hydrogens (tertiary/aromatic N) is 5. The van der Waals surface area contributed by atoms with Crippen LogP contribution in [0.4, 0.5) is 11.5 Å². The number of imidazole rings is 1. The molecule has 2 atom stereocenters. The Hall–Kier alpha value is -5.30. The third-order valence-corrected chi connectivity index (χ3v) is 14.2. The summed E-state index contributed by atoms with van der Waals surface area (Å²) in [6.45, 7) is 4.49. The van der Waals surface area contributed by atoms with Crippen LogP contribution in [0.5, 0.6) is 0 Å². The fraction of sp³-hybridized carbons (Fsp3) is 0.211. The average Bonchev–Trinajstić information content (AvgIpc) is 3.53. The van der Waals surface area contributed by atoms with Crippen LogP contribution in [0.3, 0.4) is 0 Å². The second-order valence-corrected chi connectivity index (χ2v) is 17.0. The van der Waals surface area contributed by atoms with Crippen molar-refractivity contribution < 1.29 is 4.80 Å². The molecule has 9 heteroatoms. The number of hydrogen-bond acceptors (Lipinski definition) is 7. The van der Waals surface area contributed by atoms with Crippen LogP contribution in [0, 0.1) is 11.3 Å². The number of benzene rings is 4. The highest BCUT2D eigenvalue weighted by molar-refractivity contribution is 6.98. The summed E-state index contributed by atoms with van der Waals surface area (Å²) in [5.41, 5.74) is 11.4. The summed E-state index contributed by atoms with van der Waals surface area (Å²) in [4.78, 5) is 26.6. The lowest BCUT2D eigenvalue weighted by Crippen LogP contribution is -2.65. The van der Waals surface area contributed by atoms with E-state index in [0.717, 1.165) is 40.7 Å². The van der Waals surface area contributed by atoms with Gasteiger partial charge in [0.15, 0.2) is 5.82 Å². The van der Waals surface area contributed by atoms with Crippen molar-refractivity contribution in [3.05, 3.63) is 132 Å². The third kappa shape index (κ3) is 5.45. The monoisotopic (exact) mass is 635 g/mol. The van der Waals surface area contributed by atoms with Crippen molar-refractivity contribution in [2.45, 2.75) is 50.1 Å². The number of nitriles is 1. The van der Waals surface area contributed by atoms with Crippen molar-refractivity contribution in [3.8, 4) is 12.0 Å². The second kappa shape index (κ2) is 12.1. The molecule has 234 valence electrons. The average molecular weight is 636 g/mol. The van der Waals surface area contributed by atoms with Crippen LogP contribution in [0.2, 0.25) is 5.04 Å². The van der Waals surface area contributed by atoms with Crippen molar-refractivity contribution >= 4 is 41.2 Å². The van der Waals surface area contributed by atoms with E-state index in [1.807, 2.05) is 42.5 Å². The molecule has 0 amide bonds. The molecule has 0 aliphatic heterocycles. The van der Waals surface area contributed by atoms with Crippen molar-refractivity contribution in [1.82, 2.24) is 19.5 Å². The summed E-state index contributed by atoms with van der Waals surface area (Å²) in [5, 5.41) is 14.8. The molecule has 8 nitrogen and oxygen atoms in total. The van der Waals surface area contributed by atoms with Crippen molar-refractivity contribution in [1.29, 1.82) is 5.26 Å². The molecule has 4 N–H and O–H groups in total. The normalized spacial score (nSPS) is 16.4. The van der Waals surface area contributed by atoms with Crippen molar-refractivity contribution in [2.24, 2.45) is 0 Å². The quantitative estimate of drug-likeness (QED) is 0.170.